The van der Waals surface area contributed by atoms with Crippen LogP contribution < -0.4 is 15.8 Å². The zero-order chi connectivity index (χ0) is 16.2. The van der Waals surface area contributed by atoms with Crippen LogP contribution in [0.25, 0.3) is 0 Å². The molecule has 7 nitrogen and oxygen atoms in total. The van der Waals surface area contributed by atoms with Gasteiger partial charge in [-0.05, 0) is 42.9 Å². The van der Waals surface area contributed by atoms with Crippen LogP contribution in [0.4, 0.5) is 5.69 Å². The third-order valence-electron chi connectivity index (χ3n) is 3.25. The summed E-state index contributed by atoms with van der Waals surface area (Å²) in [5.74, 6) is -0.375. The van der Waals surface area contributed by atoms with Gasteiger partial charge in [-0.2, -0.15) is 0 Å². The Morgan fingerprint density at radius 1 is 1.62 bits per heavy atom. The molecule has 0 fully saturated rings. The van der Waals surface area contributed by atoms with Crippen molar-refractivity contribution in [2.45, 2.75) is 31.9 Å². The summed E-state index contributed by atoms with van der Waals surface area (Å²) in [6.45, 7) is 3.38. The minimum atomic E-state index is -0.949. The first kappa shape index (κ1) is 17.4. The minimum Gasteiger partial charge on any atom is -0.483 e. The van der Waals surface area contributed by atoms with Crippen LogP contribution in [0.2, 0.25) is 0 Å². The Labute approximate surface area is 131 Å². The van der Waals surface area contributed by atoms with Gasteiger partial charge in [0.25, 0.3) is 0 Å². The molecule has 0 heterocycles. The fourth-order valence-electron chi connectivity index (χ4n) is 1.90. The largest absolute Gasteiger partial charge is 0.483 e. The standard InChI is InChI=1S/C13H18BrN3O4/c1-8(7-13(2,16-3)12(15)18)21-11-9(14)5-4-6-10(11)17(19)20/h4-6,8,16H,7H2,1-3H3,(H2,15,18). The SMILES string of the molecule is CNC(C)(CC(C)Oc1c(Br)cccc1[N+](=O)[O-])C(N)=O. The van der Waals surface area contributed by atoms with E-state index in [4.69, 9.17) is 10.5 Å². The number of hydrogen-bond donors (Lipinski definition) is 2. The Kier molecular flexibility index (Phi) is 5.68. The third-order valence-corrected chi connectivity index (χ3v) is 3.88. The fourth-order valence-corrected chi connectivity index (χ4v) is 2.35. The second-order valence-corrected chi connectivity index (χ2v) is 5.78. The van der Waals surface area contributed by atoms with Crippen molar-refractivity contribution in [3.8, 4) is 5.75 Å². The number of para-hydroxylation sites is 1. The van der Waals surface area contributed by atoms with Gasteiger partial charge in [-0.1, -0.05) is 6.07 Å². The predicted octanol–water partition coefficient (Wildman–Crippen LogP) is 1.98. The monoisotopic (exact) mass is 359 g/mol. The number of halogens is 1. The highest BCUT2D eigenvalue weighted by Crippen LogP contribution is 2.36. The average Bonchev–Trinajstić information content (AvgIpc) is 2.40. The van der Waals surface area contributed by atoms with Crippen LogP contribution >= 0.6 is 15.9 Å². The summed E-state index contributed by atoms with van der Waals surface area (Å²) >= 11 is 3.23. The number of nitro groups is 1. The molecule has 1 aromatic carbocycles. The molecule has 0 saturated heterocycles. The van der Waals surface area contributed by atoms with Gasteiger partial charge in [-0.3, -0.25) is 14.9 Å². The minimum absolute atomic E-state index is 0.137. The normalized spacial score (nSPS) is 15.0. The van der Waals surface area contributed by atoms with E-state index in [-0.39, 0.29) is 17.9 Å². The summed E-state index contributed by atoms with van der Waals surface area (Å²) in [5.41, 5.74) is 4.27. The van der Waals surface area contributed by atoms with E-state index in [9.17, 15) is 14.9 Å². The molecule has 0 saturated carbocycles. The van der Waals surface area contributed by atoms with Crippen LogP contribution in [0.5, 0.6) is 5.75 Å². The Bertz CT molecular complexity index is 552. The lowest BCUT2D eigenvalue weighted by Gasteiger charge is -2.28. The second kappa shape index (κ2) is 6.86. The van der Waals surface area contributed by atoms with E-state index in [1.807, 2.05) is 0 Å². The van der Waals surface area contributed by atoms with Gasteiger partial charge in [0.1, 0.15) is 0 Å². The molecule has 2 unspecified atom stereocenters. The van der Waals surface area contributed by atoms with Gasteiger partial charge < -0.3 is 15.8 Å². The summed E-state index contributed by atoms with van der Waals surface area (Å²) in [5, 5.41) is 13.9. The number of amides is 1. The van der Waals surface area contributed by atoms with Crippen molar-refractivity contribution in [3.63, 3.8) is 0 Å². The number of hydrogen-bond acceptors (Lipinski definition) is 5. The highest BCUT2D eigenvalue weighted by atomic mass is 79.9. The van der Waals surface area contributed by atoms with Crippen LogP contribution in [0.3, 0.4) is 0 Å². The number of carbonyl (C=O) groups excluding carboxylic acids is 1. The maximum atomic E-state index is 11.5. The Morgan fingerprint density at radius 2 is 2.24 bits per heavy atom. The molecule has 0 aromatic heterocycles. The molecule has 0 aliphatic heterocycles. The summed E-state index contributed by atoms with van der Waals surface area (Å²) < 4.78 is 6.13. The van der Waals surface area contributed by atoms with Crippen LogP contribution in [0.1, 0.15) is 20.3 Å². The number of carbonyl (C=O) groups is 1. The van der Waals surface area contributed by atoms with Crippen LogP contribution in [0, 0.1) is 10.1 Å². The molecular formula is C13H18BrN3O4. The second-order valence-electron chi connectivity index (χ2n) is 4.92. The smallest absolute Gasteiger partial charge is 0.312 e. The number of nitro benzene ring substituents is 1. The highest BCUT2D eigenvalue weighted by molar-refractivity contribution is 9.10. The molecule has 3 N–H and O–H groups in total. The number of nitrogens with zero attached hydrogens (tertiary/aromatic N) is 1. The Morgan fingerprint density at radius 3 is 2.71 bits per heavy atom. The summed E-state index contributed by atoms with van der Waals surface area (Å²) in [4.78, 5) is 22.0. The fraction of sp³-hybridized carbons (Fsp3) is 0.462. The van der Waals surface area contributed by atoms with E-state index in [1.54, 1.807) is 33.0 Å². The van der Waals surface area contributed by atoms with Crippen molar-refractivity contribution in [1.29, 1.82) is 0 Å². The molecule has 0 aliphatic carbocycles. The number of rotatable bonds is 7. The van der Waals surface area contributed by atoms with Crippen LogP contribution in [-0.2, 0) is 4.79 Å². The van der Waals surface area contributed by atoms with E-state index in [0.29, 0.717) is 4.47 Å². The van der Waals surface area contributed by atoms with Crippen molar-refractivity contribution in [3.05, 3.63) is 32.8 Å². The van der Waals surface area contributed by atoms with Crippen molar-refractivity contribution in [1.82, 2.24) is 5.32 Å². The molecule has 1 rings (SSSR count). The Hall–Kier alpha value is -1.67. The number of benzene rings is 1. The molecule has 0 radical (unpaired) electrons. The molecule has 0 aliphatic rings. The number of likely N-dealkylation sites (N-methyl/N-ethyl adjacent to an activating group) is 1. The van der Waals surface area contributed by atoms with Gasteiger partial charge in [-0.15, -0.1) is 0 Å². The van der Waals surface area contributed by atoms with Gasteiger partial charge in [0.05, 0.1) is 21.0 Å². The maximum Gasteiger partial charge on any atom is 0.312 e. The molecule has 1 amide bonds. The molecule has 0 bridgehead atoms. The zero-order valence-electron chi connectivity index (χ0n) is 12.1. The number of ether oxygens (including phenoxy) is 1. The van der Waals surface area contributed by atoms with Crippen molar-refractivity contribution in [2.24, 2.45) is 5.73 Å². The van der Waals surface area contributed by atoms with Crippen molar-refractivity contribution in [2.75, 3.05) is 7.05 Å². The van der Waals surface area contributed by atoms with E-state index < -0.39 is 22.5 Å². The zero-order valence-corrected chi connectivity index (χ0v) is 13.6. The lowest BCUT2D eigenvalue weighted by molar-refractivity contribution is -0.386. The lowest BCUT2D eigenvalue weighted by Crippen LogP contribution is -2.53. The molecule has 2 atom stereocenters. The summed E-state index contributed by atoms with van der Waals surface area (Å²) in [6, 6.07) is 4.57. The first-order valence-electron chi connectivity index (χ1n) is 6.29. The highest BCUT2D eigenvalue weighted by Gasteiger charge is 2.32. The lowest BCUT2D eigenvalue weighted by atomic mass is 9.94. The molecule has 1 aromatic rings. The number of nitrogens with two attached hydrogens (primary N) is 1. The van der Waals surface area contributed by atoms with Crippen molar-refractivity contribution >= 4 is 27.5 Å². The first-order chi connectivity index (χ1) is 9.71. The quantitative estimate of drug-likeness (QED) is 0.571. The van der Waals surface area contributed by atoms with E-state index in [1.165, 1.54) is 6.07 Å². The van der Waals surface area contributed by atoms with E-state index in [2.05, 4.69) is 21.2 Å². The first-order valence-corrected chi connectivity index (χ1v) is 7.09. The Balaban J connectivity index is 2.96. The molecule has 116 valence electrons. The van der Waals surface area contributed by atoms with Crippen LogP contribution in [0.15, 0.2) is 22.7 Å². The number of primary amides is 1. The molecule has 21 heavy (non-hydrogen) atoms. The average molecular weight is 360 g/mol. The van der Waals surface area contributed by atoms with Gasteiger partial charge in [0.2, 0.25) is 11.7 Å². The molecule has 0 spiro atoms. The third kappa shape index (κ3) is 4.15. The van der Waals surface area contributed by atoms with Crippen LogP contribution in [-0.4, -0.2) is 29.5 Å². The molecule has 8 heteroatoms. The van der Waals surface area contributed by atoms with Gasteiger partial charge in [0, 0.05) is 12.5 Å². The topological polar surface area (TPSA) is 107 Å². The molecular weight excluding hydrogens is 342 g/mol. The van der Waals surface area contributed by atoms with Crippen molar-refractivity contribution < 1.29 is 14.5 Å². The van der Waals surface area contributed by atoms with E-state index in [0.717, 1.165) is 0 Å². The van der Waals surface area contributed by atoms with Gasteiger partial charge in [-0.25, -0.2) is 0 Å². The predicted molar refractivity (Wildman–Crippen MR) is 82.2 cm³/mol. The van der Waals surface area contributed by atoms with E-state index >= 15 is 0 Å². The van der Waals surface area contributed by atoms with Gasteiger partial charge >= 0.3 is 5.69 Å². The summed E-state index contributed by atoms with van der Waals surface area (Å²) in [7, 11) is 1.62. The maximum absolute atomic E-state index is 11.5. The summed E-state index contributed by atoms with van der Waals surface area (Å²) in [6.07, 6.45) is -0.176. The number of nitrogens with one attached hydrogen (secondary N) is 1. The van der Waals surface area contributed by atoms with Gasteiger partial charge in [0.15, 0.2) is 0 Å².